The molecule has 1 heterocycles. The molecule has 0 unspecified atom stereocenters. The Morgan fingerprint density at radius 3 is 2.30 bits per heavy atom. The van der Waals surface area contributed by atoms with Gasteiger partial charge in [-0.2, -0.15) is 26.3 Å². The predicted molar refractivity (Wildman–Crippen MR) is 174 cm³/mol. The first-order valence-electron chi connectivity index (χ1n) is 16.3. The van der Waals surface area contributed by atoms with Gasteiger partial charge in [0.15, 0.2) is 0 Å². The molecule has 10 nitrogen and oxygen atoms in total. The lowest BCUT2D eigenvalue weighted by Gasteiger charge is -2.35. The number of hydrogen-bond donors (Lipinski definition) is 3. The van der Waals surface area contributed by atoms with Crippen LogP contribution >= 0.6 is 0 Å². The van der Waals surface area contributed by atoms with Gasteiger partial charge in [-0.15, -0.1) is 0 Å². The Balaban J connectivity index is 1.85. The van der Waals surface area contributed by atoms with Gasteiger partial charge in [0.05, 0.1) is 42.4 Å². The van der Waals surface area contributed by atoms with Crippen LogP contribution in [0, 0.1) is 5.92 Å². The highest BCUT2D eigenvalue weighted by Gasteiger charge is 2.33. The van der Waals surface area contributed by atoms with Crippen molar-refractivity contribution in [3.8, 4) is 5.75 Å². The topological polar surface area (TPSA) is 120 Å². The molecule has 1 aliphatic rings. The Morgan fingerprint density at radius 2 is 1.68 bits per heavy atom. The fourth-order valence-corrected chi connectivity index (χ4v) is 5.26. The number of carbonyl (C=O) groups is 3. The number of aliphatic hydroxyl groups is 1. The number of alkyl halides is 6. The van der Waals surface area contributed by atoms with Crippen LogP contribution in [0.3, 0.4) is 0 Å². The second-order valence-corrected chi connectivity index (χ2v) is 12.6. The second kappa shape index (κ2) is 17.7. The maximum Gasteiger partial charge on any atom is 0.416 e. The fraction of sp³-hybridized carbons (Fsp3) is 0.559. The Kier molecular flexibility index (Phi) is 14.3. The summed E-state index contributed by atoms with van der Waals surface area (Å²) in [6, 6.07) is 6.95. The van der Waals surface area contributed by atoms with E-state index in [4.69, 9.17) is 9.47 Å². The molecule has 0 fully saturated rings. The van der Waals surface area contributed by atoms with Gasteiger partial charge in [-0.3, -0.25) is 9.59 Å². The van der Waals surface area contributed by atoms with E-state index in [0.29, 0.717) is 25.9 Å². The number of fused-ring (bicyclic) bond motifs is 1. The monoisotopic (exact) mass is 718 g/mol. The van der Waals surface area contributed by atoms with Crippen molar-refractivity contribution in [1.82, 2.24) is 9.80 Å². The molecule has 0 spiro atoms. The molecule has 0 bridgehead atoms. The van der Waals surface area contributed by atoms with Crippen molar-refractivity contribution in [1.29, 1.82) is 0 Å². The maximum atomic E-state index is 14.2. The van der Waals surface area contributed by atoms with Gasteiger partial charge in [0.2, 0.25) is 5.91 Å². The van der Waals surface area contributed by atoms with E-state index in [1.165, 1.54) is 35.0 Å². The lowest BCUT2D eigenvalue weighted by molar-refractivity contribution is -0.142. The molecule has 0 aromatic heterocycles. The third-order valence-corrected chi connectivity index (χ3v) is 8.23. The van der Waals surface area contributed by atoms with Crippen molar-refractivity contribution in [2.24, 2.45) is 5.92 Å². The number of rotatable bonds is 8. The van der Waals surface area contributed by atoms with Crippen molar-refractivity contribution < 1.29 is 55.3 Å². The summed E-state index contributed by atoms with van der Waals surface area (Å²) in [5.41, 5.74) is -0.574. The minimum Gasteiger partial charge on any atom is -0.490 e. The molecule has 1 aliphatic heterocycles. The number of aliphatic hydroxyl groups excluding tert-OH is 1. The molecule has 0 aliphatic carbocycles. The van der Waals surface area contributed by atoms with E-state index in [9.17, 15) is 45.8 Å². The predicted octanol–water partition coefficient (Wildman–Crippen LogP) is 6.95. The maximum absolute atomic E-state index is 14.2. The van der Waals surface area contributed by atoms with Gasteiger partial charge in [0.25, 0.3) is 5.91 Å². The molecular formula is C34H44F6N4O6. The van der Waals surface area contributed by atoms with Gasteiger partial charge >= 0.3 is 18.4 Å². The smallest absolute Gasteiger partial charge is 0.416 e. The van der Waals surface area contributed by atoms with Gasteiger partial charge < -0.3 is 35.0 Å². The number of halogens is 6. The number of anilines is 2. The average Bonchev–Trinajstić information content (AvgIpc) is 3.04. The number of hydrogen-bond acceptors (Lipinski definition) is 6. The number of ether oxygens (including phenoxy) is 2. The van der Waals surface area contributed by atoms with Crippen molar-refractivity contribution in [2.75, 3.05) is 44.0 Å². The van der Waals surface area contributed by atoms with E-state index in [1.54, 1.807) is 13.8 Å². The van der Waals surface area contributed by atoms with Gasteiger partial charge in [-0.1, -0.05) is 6.92 Å². The van der Waals surface area contributed by atoms with E-state index in [-0.39, 0.29) is 41.9 Å². The summed E-state index contributed by atoms with van der Waals surface area (Å²) in [5, 5.41) is 15.1. The van der Waals surface area contributed by atoms with Gasteiger partial charge in [0.1, 0.15) is 5.75 Å². The SMILES string of the molecule is C[C@@H]1CCCCO[C@@H](CN(C)C(=O)Nc2ccc(C(F)(F)F)cc2)[C@@H](C)CN([C@H](C)CO)C(=O)c2cc(NC(=O)CCC(F)(F)F)ccc2O1. The molecule has 3 rings (SSSR count). The van der Waals surface area contributed by atoms with Crippen LogP contribution in [0.1, 0.15) is 68.8 Å². The van der Waals surface area contributed by atoms with E-state index < -0.39 is 73.3 Å². The lowest BCUT2D eigenvalue weighted by atomic mass is 10.0. The first-order chi connectivity index (χ1) is 23.4. The molecule has 0 saturated carbocycles. The molecule has 4 amide bonds. The molecule has 2 aromatic rings. The summed E-state index contributed by atoms with van der Waals surface area (Å²) < 4.78 is 89.2. The van der Waals surface area contributed by atoms with Crippen molar-refractivity contribution in [3.05, 3.63) is 53.6 Å². The standard InChI is InChI=1S/C34H44F6N4O6/c1-21-18-44(22(2)20-45)31(47)27-17-26(41-30(46)14-15-33(35,36)37)12-13-28(27)50-23(3)7-5-6-16-49-29(21)19-43(4)32(48)42-25-10-8-24(9-11-25)34(38,39)40/h8-13,17,21-23,29,45H,5-7,14-16,18-20H2,1-4H3,(H,41,46)(H,42,48)/t21-,22+,23+,29-/m0/s1. The summed E-state index contributed by atoms with van der Waals surface area (Å²) in [6.07, 6.45) is -10.2. The van der Waals surface area contributed by atoms with Crippen LogP contribution in [0.5, 0.6) is 5.75 Å². The van der Waals surface area contributed by atoms with Gasteiger partial charge in [-0.05, 0) is 75.6 Å². The largest absolute Gasteiger partial charge is 0.490 e. The van der Waals surface area contributed by atoms with Crippen molar-refractivity contribution in [2.45, 2.75) is 83.5 Å². The van der Waals surface area contributed by atoms with Gasteiger partial charge in [-0.25, -0.2) is 4.79 Å². The van der Waals surface area contributed by atoms with Crippen LogP contribution < -0.4 is 15.4 Å². The summed E-state index contributed by atoms with van der Waals surface area (Å²) >= 11 is 0. The van der Waals surface area contributed by atoms with Crippen molar-refractivity contribution >= 4 is 29.2 Å². The number of benzene rings is 2. The molecule has 16 heteroatoms. The van der Waals surface area contributed by atoms with E-state index in [2.05, 4.69) is 10.6 Å². The molecule has 4 atom stereocenters. The Morgan fingerprint density at radius 1 is 1.02 bits per heavy atom. The first-order valence-corrected chi connectivity index (χ1v) is 16.3. The Hall–Kier alpha value is -4.05. The van der Waals surface area contributed by atoms with Crippen LogP contribution in [-0.4, -0.2) is 90.5 Å². The third kappa shape index (κ3) is 12.4. The molecule has 50 heavy (non-hydrogen) atoms. The summed E-state index contributed by atoms with van der Waals surface area (Å²) in [7, 11) is 1.50. The second-order valence-electron chi connectivity index (χ2n) is 12.6. The zero-order valence-corrected chi connectivity index (χ0v) is 28.4. The zero-order chi connectivity index (χ0) is 37.2. The molecule has 0 radical (unpaired) electrons. The van der Waals surface area contributed by atoms with Crippen LogP contribution in [0.2, 0.25) is 0 Å². The minimum absolute atomic E-state index is 0.0283. The lowest BCUT2D eigenvalue weighted by Crippen LogP contribution is -2.48. The van der Waals surface area contributed by atoms with Crippen LogP contribution in [0.25, 0.3) is 0 Å². The Bertz CT molecular complexity index is 1440. The number of nitrogens with one attached hydrogen (secondary N) is 2. The quantitative estimate of drug-likeness (QED) is 0.255. The summed E-state index contributed by atoms with van der Waals surface area (Å²) in [5.74, 6) is -1.68. The van der Waals surface area contributed by atoms with E-state index in [0.717, 1.165) is 24.3 Å². The normalized spacial score (nSPS) is 20.2. The highest BCUT2D eigenvalue weighted by molar-refractivity contribution is 5.99. The van der Waals surface area contributed by atoms with Crippen molar-refractivity contribution in [3.63, 3.8) is 0 Å². The molecule has 2 aromatic carbocycles. The fourth-order valence-electron chi connectivity index (χ4n) is 5.26. The zero-order valence-electron chi connectivity index (χ0n) is 28.4. The van der Waals surface area contributed by atoms with Crippen LogP contribution in [-0.2, 0) is 15.7 Å². The van der Waals surface area contributed by atoms with Crippen LogP contribution in [0.15, 0.2) is 42.5 Å². The highest BCUT2D eigenvalue weighted by Crippen LogP contribution is 2.31. The number of carbonyl (C=O) groups excluding carboxylic acids is 3. The number of likely N-dealkylation sites (N-methyl/N-ethyl adjacent to an activating group) is 1. The number of urea groups is 1. The first kappa shape index (κ1) is 40.4. The summed E-state index contributed by atoms with van der Waals surface area (Å²) in [6.45, 7) is 5.24. The molecule has 278 valence electrons. The van der Waals surface area contributed by atoms with E-state index in [1.807, 2.05) is 6.92 Å². The Labute approximate surface area is 287 Å². The molecule has 0 saturated heterocycles. The number of amides is 4. The van der Waals surface area contributed by atoms with Gasteiger partial charge in [0, 0.05) is 50.5 Å². The third-order valence-electron chi connectivity index (χ3n) is 8.23. The summed E-state index contributed by atoms with van der Waals surface area (Å²) in [4.78, 5) is 42.2. The van der Waals surface area contributed by atoms with Crippen LogP contribution in [0.4, 0.5) is 42.5 Å². The molecule has 3 N–H and O–H groups in total. The minimum atomic E-state index is -4.52. The number of nitrogens with zero attached hydrogens (tertiary/aromatic N) is 2. The molecular weight excluding hydrogens is 674 g/mol. The van der Waals surface area contributed by atoms with E-state index >= 15 is 0 Å². The highest BCUT2D eigenvalue weighted by atomic mass is 19.4. The average molecular weight is 719 g/mol.